The highest BCUT2D eigenvalue weighted by molar-refractivity contribution is 7.98. The van der Waals surface area contributed by atoms with E-state index in [1.807, 2.05) is 6.26 Å². The summed E-state index contributed by atoms with van der Waals surface area (Å²) >= 11 is 1.65. The van der Waals surface area contributed by atoms with E-state index in [0.29, 0.717) is 32.4 Å². The molecule has 0 aromatic carbocycles. The van der Waals surface area contributed by atoms with Crippen molar-refractivity contribution in [2.24, 2.45) is 11.7 Å². The Balaban J connectivity index is 0.00000484. The number of hydrogen-bond acceptors (Lipinski definition) is 5. The standard InChI is InChI=1S/C14H25N3O4S.ClH/c1-9(14(20)21)16-12(18)10-3-6-17(7-4-10)13(19)11(15)5-8-22-2;/h9-11H,3-8,15H2,1-2H3,(H,16,18)(H,20,21);1H/t9-,11-;/m0./s1. The van der Waals surface area contributed by atoms with Crippen LogP contribution in [0.4, 0.5) is 0 Å². The minimum Gasteiger partial charge on any atom is -0.480 e. The fourth-order valence-electron chi connectivity index (χ4n) is 2.36. The van der Waals surface area contributed by atoms with Gasteiger partial charge >= 0.3 is 5.97 Å². The van der Waals surface area contributed by atoms with Crippen LogP contribution in [0.1, 0.15) is 26.2 Å². The smallest absolute Gasteiger partial charge is 0.325 e. The molecule has 1 aliphatic heterocycles. The summed E-state index contributed by atoms with van der Waals surface area (Å²) in [5.41, 5.74) is 5.88. The zero-order valence-electron chi connectivity index (χ0n) is 13.5. The van der Waals surface area contributed by atoms with Crippen LogP contribution in [-0.2, 0) is 14.4 Å². The molecule has 9 heteroatoms. The van der Waals surface area contributed by atoms with Crippen molar-refractivity contribution >= 4 is 42.0 Å². The van der Waals surface area contributed by atoms with Crippen LogP contribution >= 0.6 is 24.2 Å². The first-order valence-corrected chi connectivity index (χ1v) is 8.82. The molecule has 1 aliphatic rings. The number of piperidine rings is 1. The Morgan fingerprint density at radius 1 is 1.35 bits per heavy atom. The lowest BCUT2D eigenvalue weighted by molar-refractivity contribution is -0.142. The second kappa shape index (κ2) is 10.7. The topological polar surface area (TPSA) is 113 Å². The van der Waals surface area contributed by atoms with Gasteiger partial charge in [0.25, 0.3) is 0 Å². The zero-order valence-corrected chi connectivity index (χ0v) is 15.1. The zero-order chi connectivity index (χ0) is 16.7. The molecule has 134 valence electrons. The highest BCUT2D eigenvalue weighted by Gasteiger charge is 2.30. The van der Waals surface area contributed by atoms with Gasteiger partial charge in [-0.25, -0.2) is 0 Å². The maximum atomic E-state index is 12.2. The molecule has 1 heterocycles. The van der Waals surface area contributed by atoms with E-state index in [0.717, 1.165) is 5.75 Å². The summed E-state index contributed by atoms with van der Waals surface area (Å²) in [6, 6.07) is -1.38. The predicted molar refractivity (Wildman–Crippen MR) is 92.8 cm³/mol. The summed E-state index contributed by atoms with van der Waals surface area (Å²) < 4.78 is 0. The third-order valence-electron chi connectivity index (χ3n) is 3.86. The molecule has 0 aliphatic carbocycles. The van der Waals surface area contributed by atoms with Gasteiger partial charge in [0.2, 0.25) is 11.8 Å². The molecule has 7 nitrogen and oxygen atoms in total. The number of likely N-dealkylation sites (tertiary alicyclic amines) is 1. The van der Waals surface area contributed by atoms with Crippen LogP contribution in [0.5, 0.6) is 0 Å². The van der Waals surface area contributed by atoms with Crippen LogP contribution in [0.15, 0.2) is 0 Å². The highest BCUT2D eigenvalue weighted by Crippen LogP contribution is 2.18. The maximum absolute atomic E-state index is 12.2. The number of carbonyl (C=O) groups is 3. The summed E-state index contributed by atoms with van der Waals surface area (Å²) in [5.74, 6) is -0.770. The number of nitrogens with one attached hydrogen (secondary N) is 1. The minimum absolute atomic E-state index is 0. The summed E-state index contributed by atoms with van der Waals surface area (Å²) in [6.07, 6.45) is 3.70. The molecule has 2 atom stereocenters. The fraction of sp³-hybridized carbons (Fsp3) is 0.786. The maximum Gasteiger partial charge on any atom is 0.325 e. The average Bonchev–Trinajstić information content (AvgIpc) is 2.51. The van der Waals surface area contributed by atoms with Crippen molar-refractivity contribution in [3.8, 4) is 0 Å². The monoisotopic (exact) mass is 367 g/mol. The van der Waals surface area contributed by atoms with Gasteiger partial charge in [-0.2, -0.15) is 11.8 Å². The van der Waals surface area contributed by atoms with Crippen molar-refractivity contribution in [1.29, 1.82) is 0 Å². The molecular weight excluding hydrogens is 342 g/mol. The third kappa shape index (κ3) is 6.97. The first-order chi connectivity index (χ1) is 10.4. The van der Waals surface area contributed by atoms with Crippen molar-refractivity contribution in [2.75, 3.05) is 25.1 Å². The van der Waals surface area contributed by atoms with Gasteiger partial charge in [0, 0.05) is 19.0 Å². The van der Waals surface area contributed by atoms with Crippen molar-refractivity contribution < 1.29 is 19.5 Å². The number of thioether (sulfide) groups is 1. The molecule has 1 saturated heterocycles. The van der Waals surface area contributed by atoms with Gasteiger partial charge in [-0.05, 0) is 38.2 Å². The van der Waals surface area contributed by atoms with E-state index in [1.165, 1.54) is 6.92 Å². The third-order valence-corrected chi connectivity index (χ3v) is 4.50. The van der Waals surface area contributed by atoms with Gasteiger partial charge in [0.1, 0.15) is 6.04 Å². The number of carboxylic acids is 1. The molecule has 1 fully saturated rings. The summed E-state index contributed by atoms with van der Waals surface area (Å²) in [5, 5.41) is 11.3. The first kappa shape index (κ1) is 22.0. The van der Waals surface area contributed by atoms with E-state index >= 15 is 0 Å². The Kier molecular flexibility index (Phi) is 10.3. The van der Waals surface area contributed by atoms with E-state index in [4.69, 9.17) is 10.8 Å². The molecular formula is C14H26ClN3O4S. The van der Waals surface area contributed by atoms with Gasteiger partial charge in [-0.1, -0.05) is 0 Å². The summed E-state index contributed by atoms with van der Waals surface area (Å²) in [6.45, 7) is 2.42. The Morgan fingerprint density at radius 2 is 1.91 bits per heavy atom. The first-order valence-electron chi connectivity index (χ1n) is 7.43. The van der Waals surface area contributed by atoms with Crippen LogP contribution in [0.2, 0.25) is 0 Å². The summed E-state index contributed by atoms with van der Waals surface area (Å²) in [4.78, 5) is 36.6. The van der Waals surface area contributed by atoms with Crippen LogP contribution in [0.3, 0.4) is 0 Å². The van der Waals surface area contributed by atoms with E-state index < -0.39 is 18.1 Å². The number of rotatable bonds is 7. The SMILES string of the molecule is CSCC[C@H](N)C(=O)N1CCC(C(=O)N[C@@H](C)C(=O)O)CC1.Cl. The minimum atomic E-state index is -1.05. The molecule has 0 aromatic rings. The Labute approximate surface area is 147 Å². The highest BCUT2D eigenvalue weighted by atomic mass is 35.5. The molecule has 23 heavy (non-hydrogen) atoms. The van der Waals surface area contributed by atoms with Gasteiger partial charge < -0.3 is 21.1 Å². The van der Waals surface area contributed by atoms with Crippen LogP contribution in [0, 0.1) is 5.92 Å². The average molecular weight is 368 g/mol. The second-order valence-electron chi connectivity index (χ2n) is 5.56. The Bertz CT molecular complexity index is 417. The Hall–Kier alpha value is -0.990. The number of amides is 2. The molecule has 0 radical (unpaired) electrons. The lowest BCUT2D eigenvalue weighted by atomic mass is 9.95. The summed E-state index contributed by atoms with van der Waals surface area (Å²) in [7, 11) is 0. The molecule has 4 N–H and O–H groups in total. The molecule has 0 spiro atoms. The molecule has 2 amide bonds. The van der Waals surface area contributed by atoms with Crippen molar-refractivity contribution in [1.82, 2.24) is 10.2 Å². The second-order valence-corrected chi connectivity index (χ2v) is 6.54. The van der Waals surface area contributed by atoms with Crippen LogP contribution in [-0.4, -0.2) is 65.0 Å². The number of carbonyl (C=O) groups excluding carboxylic acids is 2. The van der Waals surface area contributed by atoms with Gasteiger partial charge in [-0.15, -0.1) is 12.4 Å². The molecule has 0 bridgehead atoms. The Morgan fingerprint density at radius 3 is 2.39 bits per heavy atom. The van der Waals surface area contributed by atoms with Crippen molar-refractivity contribution in [3.63, 3.8) is 0 Å². The molecule has 0 unspecified atom stereocenters. The lowest BCUT2D eigenvalue weighted by Gasteiger charge is -2.33. The number of nitrogens with zero attached hydrogens (tertiary/aromatic N) is 1. The normalized spacial score (nSPS) is 17.8. The molecule has 0 saturated carbocycles. The van der Waals surface area contributed by atoms with Crippen LogP contribution in [0.25, 0.3) is 0 Å². The number of aliphatic carboxylic acids is 1. The number of halogens is 1. The van der Waals surface area contributed by atoms with E-state index in [-0.39, 0.29) is 30.1 Å². The van der Waals surface area contributed by atoms with Crippen LogP contribution < -0.4 is 11.1 Å². The molecule has 0 aromatic heterocycles. The van der Waals surface area contributed by atoms with Crippen molar-refractivity contribution in [3.05, 3.63) is 0 Å². The van der Waals surface area contributed by atoms with E-state index in [9.17, 15) is 14.4 Å². The fourth-order valence-corrected chi connectivity index (χ4v) is 2.85. The van der Waals surface area contributed by atoms with E-state index in [1.54, 1.807) is 16.7 Å². The number of hydrogen-bond donors (Lipinski definition) is 3. The van der Waals surface area contributed by atoms with Crippen molar-refractivity contribution in [2.45, 2.75) is 38.3 Å². The largest absolute Gasteiger partial charge is 0.480 e. The predicted octanol–water partition coefficient (Wildman–Crippen LogP) is 0.317. The van der Waals surface area contributed by atoms with E-state index in [2.05, 4.69) is 5.32 Å². The lowest BCUT2D eigenvalue weighted by Crippen LogP contribution is -2.50. The number of nitrogens with two attached hydrogens (primary N) is 1. The van der Waals surface area contributed by atoms with Gasteiger partial charge in [-0.3, -0.25) is 14.4 Å². The number of carboxylic acid groups (broad SMARTS) is 1. The molecule has 1 rings (SSSR count). The van der Waals surface area contributed by atoms with Gasteiger partial charge in [0.05, 0.1) is 6.04 Å². The quantitative estimate of drug-likeness (QED) is 0.597. The van der Waals surface area contributed by atoms with Gasteiger partial charge in [0.15, 0.2) is 0 Å².